The molecule has 2 aromatic heterocycles. The number of nitrogens with zero attached hydrogens (tertiary/aromatic N) is 4. The van der Waals surface area contributed by atoms with Gasteiger partial charge in [0.1, 0.15) is 0 Å². The third-order valence-corrected chi connectivity index (χ3v) is 4.88. The number of benzene rings is 1. The van der Waals surface area contributed by atoms with Crippen molar-refractivity contribution < 1.29 is 4.79 Å². The molecule has 3 aromatic rings. The number of carbonyl (C=O) groups is 1. The fourth-order valence-corrected chi connectivity index (χ4v) is 3.41. The zero-order chi connectivity index (χ0) is 19.4. The van der Waals surface area contributed by atoms with Crippen LogP contribution in [0.4, 0.5) is 0 Å². The van der Waals surface area contributed by atoms with Gasteiger partial charge in [-0.25, -0.2) is 0 Å². The average molecular weight is 362 g/mol. The van der Waals surface area contributed by atoms with E-state index in [9.17, 15) is 4.79 Å². The predicted molar refractivity (Wildman–Crippen MR) is 107 cm³/mol. The van der Waals surface area contributed by atoms with Crippen LogP contribution in [0.3, 0.4) is 0 Å². The van der Waals surface area contributed by atoms with Crippen molar-refractivity contribution in [3.63, 3.8) is 0 Å². The van der Waals surface area contributed by atoms with E-state index in [-0.39, 0.29) is 11.9 Å². The number of aryl methyl sites for hydroxylation is 2. The Bertz CT molecular complexity index is 900. The maximum Gasteiger partial charge on any atom is 0.254 e. The lowest BCUT2D eigenvalue weighted by Gasteiger charge is -2.27. The molecule has 3 rings (SSSR count). The minimum Gasteiger partial charge on any atom is -0.335 e. The second-order valence-electron chi connectivity index (χ2n) is 6.91. The van der Waals surface area contributed by atoms with Crippen LogP contribution in [0.1, 0.15) is 52.3 Å². The number of hydrogen-bond acceptors (Lipinski definition) is 3. The first-order valence-corrected chi connectivity index (χ1v) is 9.26. The third-order valence-electron chi connectivity index (χ3n) is 4.88. The van der Waals surface area contributed by atoms with Crippen molar-refractivity contribution in [3.05, 3.63) is 82.9 Å². The molecule has 2 heterocycles. The number of hydrogen-bond donors (Lipinski definition) is 0. The molecule has 0 aliphatic rings. The minimum absolute atomic E-state index is 0.0144. The van der Waals surface area contributed by atoms with Gasteiger partial charge in [-0.1, -0.05) is 25.1 Å². The van der Waals surface area contributed by atoms with Crippen LogP contribution in [0.5, 0.6) is 0 Å². The van der Waals surface area contributed by atoms with E-state index in [1.807, 2.05) is 61.2 Å². The predicted octanol–water partition coefficient (Wildman–Crippen LogP) is 4.17. The van der Waals surface area contributed by atoms with Gasteiger partial charge in [0.05, 0.1) is 18.3 Å². The van der Waals surface area contributed by atoms with Gasteiger partial charge in [0.25, 0.3) is 5.91 Å². The summed E-state index contributed by atoms with van der Waals surface area (Å²) in [7, 11) is 1.85. The Hall–Kier alpha value is -2.95. The highest BCUT2D eigenvalue weighted by Gasteiger charge is 2.21. The summed E-state index contributed by atoms with van der Waals surface area (Å²) in [6.07, 6.45) is 4.42. The summed E-state index contributed by atoms with van der Waals surface area (Å²) >= 11 is 0. The van der Waals surface area contributed by atoms with Gasteiger partial charge in [0, 0.05) is 30.7 Å². The number of amides is 1. The average Bonchev–Trinajstić information content (AvgIpc) is 3.00. The summed E-state index contributed by atoms with van der Waals surface area (Å²) in [5.74, 6) is 0.0170. The van der Waals surface area contributed by atoms with Crippen molar-refractivity contribution >= 4 is 5.91 Å². The van der Waals surface area contributed by atoms with Gasteiger partial charge < -0.3 is 4.90 Å². The first kappa shape index (κ1) is 18.8. The molecule has 0 fully saturated rings. The summed E-state index contributed by atoms with van der Waals surface area (Å²) in [6.45, 7) is 6.83. The standard InChI is InChI=1S/C22H26N4O/c1-5-21(20-7-6-12-23-14-20)25(4)22(27)19-10-8-18(9-11-19)15-26-17(3)13-16(2)24-26/h6-14,21H,5,15H2,1-4H3/t21-/m0/s1. The molecule has 0 spiro atoms. The lowest BCUT2D eigenvalue weighted by molar-refractivity contribution is 0.0726. The molecule has 1 atom stereocenters. The van der Waals surface area contributed by atoms with Crippen LogP contribution >= 0.6 is 0 Å². The van der Waals surface area contributed by atoms with Crippen LogP contribution < -0.4 is 0 Å². The smallest absolute Gasteiger partial charge is 0.254 e. The van der Waals surface area contributed by atoms with Gasteiger partial charge in [0.15, 0.2) is 0 Å². The lowest BCUT2D eigenvalue weighted by Crippen LogP contribution is -2.31. The van der Waals surface area contributed by atoms with Crippen LogP contribution in [-0.4, -0.2) is 32.6 Å². The molecule has 0 N–H and O–H groups in total. The van der Waals surface area contributed by atoms with Gasteiger partial charge in [-0.2, -0.15) is 5.10 Å². The van der Waals surface area contributed by atoms with Crippen LogP contribution in [0.2, 0.25) is 0 Å². The maximum atomic E-state index is 12.9. The Balaban J connectivity index is 1.74. The SMILES string of the molecule is CC[C@@H](c1cccnc1)N(C)C(=O)c1ccc(Cn2nc(C)cc2C)cc1. The molecular formula is C22H26N4O. The number of pyridine rings is 1. The maximum absolute atomic E-state index is 12.9. The summed E-state index contributed by atoms with van der Waals surface area (Å²) < 4.78 is 1.98. The minimum atomic E-state index is 0.0144. The first-order valence-electron chi connectivity index (χ1n) is 9.26. The molecule has 27 heavy (non-hydrogen) atoms. The number of aromatic nitrogens is 3. The topological polar surface area (TPSA) is 51.0 Å². The van der Waals surface area contributed by atoms with E-state index in [0.29, 0.717) is 12.1 Å². The highest BCUT2D eigenvalue weighted by molar-refractivity contribution is 5.94. The molecule has 0 saturated heterocycles. The Morgan fingerprint density at radius 2 is 1.93 bits per heavy atom. The van der Waals surface area contributed by atoms with Crippen LogP contribution in [0.15, 0.2) is 54.9 Å². The second-order valence-corrected chi connectivity index (χ2v) is 6.91. The zero-order valence-corrected chi connectivity index (χ0v) is 16.4. The van der Waals surface area contributed by atoms with Crippen LogP contribution in [0.25, 0.3) is 0 Å². The molecule has 5 nitrogen and oxygen atoms in total. The number of carbonyl (C=O) groups excluding carboxylic acids is 1. The molecule has 0 unspecified atom stereocenters. The van der Waals surface area contributed by atoms with Crippen molar-refractivity contribution in [2.45, 2.75) is 39.8 Å². The molecular weight excluding hydrogens is 336 g/mol. The monoisotopic (exact) mass is 362 g/mol. The van der Waals surface area contributed by atoms with Gasteiger partial charge in [-0.05, 0) is 55.7 Å². The van der Waals surface area contributed by atoms with E-state index in [2.05, 4.69) is 30.0 Å². The van der Waals surface area contributed by atoms with Crippen LogP contribution in [0, 0.1) is 13.8 Å². The zero-order valence-electron chi connectivity index (χ0n) is 16.4. The summed E-state index contributed by atoms with van der Waals surface area (Å²) in [5.41, 5.74) is 5.02. The largest absolute Gasteiger partial charge is 0.335 e. The Morgan fingerprint density at radius 3 is 2.48 bits per heavy atom. The summed E-state index contributed by atoms with van der Waals surface area (Å²) in [5, 5.41) is 4.49. The van der Waals surface area contributed by atoms with E-state index in [0.717, 1.165) is 28.9 Å². The lowest BCUT2D eigenvalue weighted by atomic mass is 10.0. The second kappa shape index (κ2) is 8.16. The highest BCUT2D eigenvalue weighted by Crippen LogP contribution is 2.24. The van der Waals surface area contributed by atoms with E-state index >= 15 is 0 Å². The molecule has 5 heteroatoms. The van der Waals surface area contributed by atoms with Gasteiger partial charge in [-0.3, -0.25) is 14.5 Å². The molecule has 0 aliphatic carbocycles. The Kier molecular flexibility index (Phi) is 5.69. The first-order chi connectivity index (χ1) is 13.0. The summed E-state index contributed by atoms with van der Waals surface area (Å²) in [4.78, 5) is 18.9. The molecule has 1 amide bonds. The van der Waals surface area contributed by atoms with Crippen molar-refractivity contribution in [1.29, 1.82) is 0 Å². The van der Waals surface area contributed by atoms with Crippen molar-refractivity contribution in [2.75, 3.05) is 7.05 Å². The molecule has 0 bridgehead atoms. The molecule has 1 aromatic carbocycles. The van der Waals surface area contributed by atoms with Crippen LogP contribution in [-0.2, 0) is 6.54 Å². The highest BCUT2D eigenvalue weighted by atomic mass is 16.2. The normalized spacial score (nSPS) is 12.0. The van der Waals surface area contributed by atoms with E-state index in [1.165, 1.54) is 0 Å². The molecule has 140 valence electrons. The Labute approximate surface area is 160 Å². The molecule has 0 aliphatic heterocycles. The Morgan fingerprint density at radius 1 is 1.19 bits per heavy atom. The summed E-state index contributed by atoms with van der Waals surface area (Å²) in [6, 6.07) is 13.8. The van der Waals surface area contributed by atoms with E-state index in [1.54, 1.807) is 11.1 Å². The van der Waals surface area contributed by atoms with E-state index in [4.69, 9.17) is 0 Å². The molecule has 0 saturated carbocycles. The fourth-order valence-electron chi connectivity index (χ4n) is 3.41. The molecule has 0 radical (unpaired) electrons. The van der Waals surface area contributed by atoms with Gasteiger partial charge in [-0.15, -0.1) is 0 Å². The fraction of sp³-hybridized carbons (Fsp3) is 0.318. The van der Waals surface area contributed by atoms with Gasteiger partial charge in [0.2, 0.25) is 0 Å². The van der Waals surface area contributed by atoms with Crippen molar-refractivity contribution in [2.24, 2.45) is 0 Å². The van der Waals surface area contributed by atoms with Crippen molar-refractivity contribution in [1.82, 2.24) is 19.7 Å². The van der Waals surface area contributed by atoms with Crippen molar-refractivity contribution in [3.8, 4) is 0 Å². The third kappa shape index (κ3) is 4.25. The van der Waals surface area contributed by atoms with E-state index < -0.39 is 0 Å². The quantitative estimate of drug-likeness (QED) is 0.661. The van der Waals surface area contributed by atoms with Gasteiger partial charge >= 0.3 is 0 Å². The number of rotatable bonds is 6.